The van der Waals surface area contributed by atoms with Gasteiger partial charge in [-0.15, -0.1) is 0 Å². The largest absolute Gasteiger partial charge is 0.468 e. The quantitative estimate of drug-likeness (QED) is 0.670. The van der Waals surface area contributed by atoms with Crippen molar-refractivity contribution in [2.75, 3.05) is 7.11 Å². The topological polar surface area (TPSA) is 35.3 Å². The van der Waals surface area contributed by atoms with Gasteiger partial charge in [0, 0.05) is 17.1 Å². The molecule has 0 aliphatic heterocycles. The van der Waals surface area contributed by atoms with Crippen LogP contribution in [0.1, 0.15) is 0 Å². The number of aromatic nitrogens is 1. The van der Waals surface area contributed by atoms with Crippen LogP contribution in [0.25, 0.3) is 22.0 Å². The third-order valence-electron chi connectivity index (χ3n) is 2.65. The van der Waals surface area contributed by atoms with E-state index in [-0.39, 0.29) is 0 Å². The minimum absolute atomic E-state index is 0.473. The molecule has 0 saturated carbocycles. The summed E-state index contributed by atoms with van der Waals surface area (Å²) in [5, 5.41) is 1.80. The molecule has 1 aromatic carbocycles. The van der Waals surface area contributed by atoms with Crippen molar-refractivity contribution in [2.45, 2.75) is 0 Å². The molecule has 1 radical (unpaired) electrons. The maximum Gasteiger partial charge on any atom is 0.293 e. The van der Waals surface area contributed by atoms with Crippen molar-refractivity contribution in [3.63, 3.8) is 0 Å². The van der Waals surface area contributed by atoms with Gasteiger partial charge in [0.2, 0.25) is 0 Å². The first-order valence-corrected chi connectivity index (χ1v) is 5.29. The van der Waals surface area contributed by atoms with Crippen LogP contribution < -0.4 is 4.74 Å². The highest BCUT2D eigenvalue weighted by Crippen LogP contribution is 2.35. The van der Waals surface area contributed by atoms with E-state index in [4.69, 9.17) is 9.15 Å². The van der Waals surface area contributed by atoms with E-state index in [0.29, 0.717) is 5.95 Å². The van der Waals surface area contributed by atoms with Gasteiger partial charge in [-0.3, -0.25) is 4.98 Å². The van der Waals surface area contributed by atoms with Crippen molar-refractivity contribution in [2.24, 2.45) is 0 Å². The summed E-state index contributed by atoms with van der Waals surface area (Å²) in [6, 6.07) is 11.7. The van der Waals surface area contributed by atoms with E-state index < -0.39 is 0 Å². The summed E-state index contributed by atoms with van der Waals surface area (Å²) in [5.41, 5.74) is 1.89. The number of nitrogens with zero attached hydrogens (tertiary/aromatic N) is 1. The molecular weight excluding hydrogens is 214 g/mol. The SMILES string of the molecule is COc1o[c]c2cccc(-c3ccccn3)c12. The van der Waals surface area contributed by atoms with Gasteiger partial charge in [-0.25, -0.2) is 0 Å². The lowest BCUT2D eigenvalue weighted by Gasteiger charge is -2.03. The molecule has 0 saturated heterocycles. The summed E-state index contributed by atoms with van der Waals surface area (Å²) in [5.74, 6) is 0.473. The van der Waals surface area contributed by atoms with Crippen LogP contribution in [-0.2, 0) is 0 Å². The van der Waals surface area contributed by atoms with Gasteiger partial charge in [0.05, 0.1) is 18.2 Å². The van der Waals surface area contributed by atoms with Crippen molar-refractivity contribution in [3.05, 3.63) is 48.9 Å². The molecule has 3 rings (SSSR count). The molecule has 0 spiro atoms. The zero-order valence-corrected chi connectivity index (χ0v) is 9.31. The average Bonchev–Trinajstić information content (AvgIpc) is 2.82. The molecule has 0 bridgehead atoms. The Bertz CT molecular complexity index is 644. The Morgan fingerprint density at radius 2 is 2.12 bits per heavy atom. The zero-order chi connectivity index (χ0) is 11.7. The third kappa shape index (κ3) is 1.56. The van der Waals surface area contributed by atoms with E-state index in [1.54, 1.807) is 13.3 Å². The van der Waals surface area contributed by atoms with E-state index in [1.165, 1.54) is 0 Å². The molecule has 0 fully saturated rings. The lowest BCUT2D eigenvalue weighted by molar-refractivity contribution is 0.307. The fourth-order valence-corrected chi connectivity index (χ4v) is 1.89. The molecule has 0 atom stereocenters. The summed E-state index contributed by atoms with van der Waals surface area (Å²) in [4.78, 5) is 4.34. The Morgan fingerprint density at radius 1 is 1.18 bits per heavy atom. The number of hydrogen-bond donors (Lipinski definition) is 0. The Hall–Kier alpha value is -2.29. The summed E-state index contributed by atoms with van der Waals surface area (Å²) >= 11 is 0. The number of methoxy groups -OCH3 is 1. The molecule has 2 aromatic heterocycles. The first-order chi connectivity index (χ1) is 8.40. The van der Waals surface area contributed by atoms with Gasteiger partial charge in [-0.05, 0) is 12.1 Å². The molecule has 83 valence electrons. The zero-order valence-electron chi connectivity index (χ0n) is 9.31. The van der Waals surface area contributed by atoms with E-state index in [9.17, 15) is 0 Å². The number of rotatable bonds is 2. The van der Waals surface area contributed by atoms with E-state index >= 15 is 0 Å². The fourth-order valence-electron chi connectivity index (χ4n) is 1.89. The summed E-state index contributed by atoms with van der Waals surface area (Å²) in [6.07, 6.45) is 4.59. The second kappa shape index (κ2) is 3.94. The van der Waals surface area contributed by atoms with Crippen LogP contribution in [0.4, 0.5) is 0 Å². The van der Waals surface area contributed by atoms with Crippen molar-refractivity contribution >= 4 is 10.8 Å². The van der Waals surface area contributed by atoms with Gasteiger partial charge in [-0.1, -0.05) is 24.3 Å². The predicted octanol–water partition coefficient (Wildman–Crippen LogP) is 3.30. The van der Waals surface area contributed by atoms with Gasteiger partial charge in [0.25, 0.3) is 5.95 Å². The highest BCUT2D eigenvalue weighted by molar-refractivity contribution is 5.98. The van der Waals surface area contributed by atoms with E-state index in [1.807, 2.05) is 36.4 Å². The molecule has 0 amide bonds. The highest BCUT2D eigenvalue weighted by Gasteiger charge is 2.13. The van der Waals surface area contributed by atoms with Crippen LogP contribution in [0.3, 0.4) is 0 Å². The molecule has 0 aliphatic carbocycles. The molecule has 3 aromatic rings. The monoisotopic (exact) mass is 224 g/mol. The van der Waals surface area contributed by atoms with Crippen molar-refractivity contribution < 1.29 is 9.15 Å². The normalized spacial score (nSPS) is 10.6. The molecule has 3 nitrogen and oxygen atoms in total. The minimum Gasteiger partial charge on any atom is -0.468 e. The lowest BCUT2D eigenvalue weighted by Crippen LogP contribution is -1.85. The van der Waals surface area contributed by atoms with Crippen LogP contribution in [0, 0.1) is 6.26 Å². The molecule has 0 N–H and O–H groups in total. The number of pyridine rings is 1. The third-order valence-corrected chi connectivity index (χ3v) is 2.65. The summed E-state index contributed by atoms with van der Waals surface area (Å²) < 4.78 is 10.5. The predicted molar refractivity (Wildman–Crippen MR) is 64.8 cm³/mol. The summed E-state index contributed by atoms with van der Waals surface area (Å²) in [7, 11) is 1.58. The molecule has 3 heteroatoms. The molecule has 17 heavy (non-hydrogen) atoms. The first-order valence-electron chi connectivity index (χ1n) is 5.29. The maximum atomic E-state index is 5.25. The number of furan rings is 1. The fraction of sp³-hybridized carbons (Fsp3) is 0.0714. The first kappa shape index (κ1) is 9.90. The number of hydrogen-bond acceptors (Lipinski definition) is 3. The number of benzene rings is 1. The second-order valence-electron chi connectivity index (χ2n) is 3.64. The van der Waals surface area contributed by atoms with Crippen molar-refractivity contribution in [3.8, 4) is 17.2 Å². The van der Waals surface area contributed by atoms with E-state index in [2.05, 4.69) is 11.2 Å². The van der Waals surface area contributed by atoms with Crippen LogP contribution in [0.15, 0.2) is 47.0 Å². The lowest BCUT2D eigenvalue weighted by atomic mass is 10.1. The van der Waals surface area contributed by atoms with Crippen LogP contribution in [0.5, 0.6) is 5.95 Å². The minimum atomic E-state index is 0.473. The standard InChI is InChI=1S/C14H10NO2/c1-16-14-13-10(9-17-14)5-4-6-11(13)12-7-2-3-8-15-12/h2-8H,1H3. The molecule has 2 heterocycles. The Labute approximate surface area is 98.7 Å². The van der Waals surface area contributed by atoms with Crippen molar-refractivity contribution in [1.82, 2.24) is 4.98 Å². The van der Waals surface area contributed by atoms with Gasteiger partial charge in [0.1, 0.15) is 0 Å². The Kier molecular flexibility index (Phi) is 2.29. The van der Waals surface area contributed by atoms with Gasteiger partial charge in [0.15, 0.2) is 6.26 Å². The number of ether oxygens (including phenoxy) is 1. The average molecular weight is 224 g/mol. The Morgan fingerprint density at radius 3 is 2.88 bits per heavy atom. The van der Waals surface area contributed by atoms with Crippen LogP contribution in [0.2, 0.25) is 0 Å². The summed E-state index contributed by atoms with van der Waals surface area (Å²) in [6.45, 7) is 0. The molecular formula is C14H10NO2. The number of fused-ring (bicyclic) bond motifs is 1. The van der Waals surface area contributed by atoms with E-state index in [0.717, 1.165) is 22.0 Å². The van der Waals surface area contributed by atoms with Gasteiger partial charge in [-0.2, -0.15) is 0 Å². The van der Waals surface area contributed by atoms with Crippen molar-refractivity contribution in [1.29, 1.82) is 0 Å². The van der Waals surface area contributed by atoms with Crippen LogP contribution in [-0.4, -0.2) is 12.1 Å². The molecule has 0 aliphatic rings. The van der Waals surface area contributed by atoms with Gasteiger partial charge >= 0.3 is 0 Å². The van der Waals surface area contributed by atoms with Crippen LogP contribution >= 0.6 is 0 Å². The maximum absolute atomic E-state index is 5.25. The highest BCUT2D eigenvalue weighted by atomic mass is 16.6. The molecule has 0 unspecified atom stereocenters. The second-order valence-corrected chi connectivity index (χ2v) is 3.64. The van der Waals surface area contributed by atoms with Gasteiger partial charge < -0.3 is 9.15 Å². The smallest absolute Gasteiger partial charge is 0.293 e. The Balaban J connectivity index is 2.33.